The highest BCUT2D eigenvalue weighted by Crippen LogP contribution is 2.25. The van der Waals surface area contributed by atoms with Gasteiger partial charge in [0.1, 0.15) is 12.1 Å². The molecule has 5 heteroatoms. The van der Waals surface area contributed by atoms with Crippen LogP contribution >= 0.6 is 0 Å². The van der Waals surface area contributed by atoms with Gasteiger partial charge >= 0.3 is 0 Å². The molecule has 1 unspecified atom stereocenters. The lowest BCUT2D eigenvalue weighted by Gasteiger charge is -2.36. The molecule has 0 aromatic carbocycles. The molecule has 1 saturated heterocycles. The van der Waals surface area contributed by atoms with Crippen LogP contribution in [0.3, 0.4) is 0 Å². The first-order valence-corrected chi connectivity index (χ1v) is 6.24. The molecule has 1 aromatic heterocycles. The SMILES string of the molecule is CC1COCCN1c1ncnc2c1CCNC2. The van der Waals surface area contributed by atoms with Crippen LogP contribution in [0.1, 0.15) is 18.2 Å². The molecule has 2 aliphatic heterocycles. The van der Waals surface area contributed by atoms with Crippen molar-refractivity contribution in [3.05, 3.63) is 17.6 Å². The van der Waals surface area contributed by atoms with E-state index in [4.69, 9.17) is 4.74 Å². The van der Waals surface area contributed by atoms with Crippen LogP contribution in [0.2, 0.25) is 0 Å². The molecule has 3 heterocycles. The lowest BCUT2D eigenvalue weighted by atomic mass is 10.1. The first-order valence-electron chi connectivity index (χ1n) is 6.24. The van der Waals surface area contributed by atoms with Crippen LogP contribution < -0.4 is 10.2 Å². The van der Waals surface area contributed by atoms with E-state index in [2.05, 4.69) is 27.1 Å². The number of rotatable bonds is 1. The molecule has 1 atom stereocenters. The first-order chi connectivity index (χ1) is 8.36. The number of hydrogen-bond donors (Lipinski definition) is 1. The third-order valence-corrected chi connectivity index (χ3v) is 3.50. The minimum absolute atomic E-state index is 0.401. The second kappa shape index (κ2) is 4.58. The summed E-state index contributed by atoms with van der Waals surface area (Å²) in [6.45, 7) is 6.58. The monoisotopic (exact) mass is 234 g/mol. The molecule has 0 spiro atoms. The highest BCUT2D eigenvalue weighted by Gasteiger charge is 2.25. The third kappa shape index (κ3) is 2.00. The van der Waals surface area contributed by atoms with Gasteiger partial charge in [-0.1, -0.05) is 0 Å². The number of ether oxygens (including phenoxy) is 1. The zero-order valence-corrected chi connectivity index (χ0v) is 10.1. The molecular weight excluding hydrogens is 216 g/mol. The predicted molar refractivity (Wildman–Crippen MR) is 65.1 cm³/mol. The topological polar surface area (TPSA) is 50.3 Å². The van der Waals surface area contributed by atoms with Gasteiger partial charge in [-0.05, 0) is 19.9 Å². The Kier molecular flexibility index (Phi) is 2.94. The Hall–Kier alpha value is -1.20. The van der Waals surface area contributed by atoms with Crippen LogP contribution in [-0.4, -0.2) is 42.3 Å². The highest BCUT2D eigenvalue weighted by molar-refractivity contribution is 5.50. The number of anilines is 1. The van der Waals surface area contributed by atoms with Crippen LogP contribution in [0.5, 0.6) is 0 Å². The normalized spacial score (nSPS) is 24.5. The molecule has 17 heavy (non-hydrogen) atoms. The Bertz CT molecular complexity index is 409. The summed E-state index contributed by atoms with van der Waals surface area (Å²) in [6.07, 6.45) is 2.71. The summed E-state index contributed by atoms with van der Waals surface area (Å²) in [7, 11) is 0. The fourth-order valence-electron chi connectivity index (χ4n) is 2.56. The van der Waals surface area contributed by atoms with Gasteiger partial charge in [0.15, 0.2) is 0 Å². The van der Waals surface area contributed by atoms with Crippen molar-refractivity contribution in [3.63, 3.8) is 0 Å². The van der Waals surface area contributed by atoms with Gasteiger partial charge in [0.2, 0.25) is 0 Å². The molecule has 0 saturated carbocycles. The second-order valence-corrected chi connectivity index (χ2v) is 4.67. The molecule has 2 aliphatic rings. The van der Waals surface area contributed by atoms with E-state index in [1.54, 1.807) is 6.33 Å². The lowest BCUT2D eigenvalue weighted by molar-refractivity contribution is 0.0984. The molecule has 0 bridgehead atoms. The molecule has 0 amide bonds. The van der Waals surface area contributed by atoms with E-state index < -0.39 is 0 Å². The van der Waals surface area contributed by atoms with E-state index in [0.717, 1.165) is 50.8 Å². The van der Waals surface area contributed by atoms with E-state index >= 15 is 0 Å². The molecule has 3 rings (SSSR count). The minimum atomic E-state index is 0.401. The fourth-order valence-corrected chi connectivity index (χ4v) is 2.56. The number of nitrogens with zero attached hydrogens (tertiary/aromatic N) is 3. The average molecular weight is 234 g/mol. The third-order valence-electron chi connectivity index (χ3n) is 3.50. The largest absolute Gasteiger partial charge is 0.377 e. The minimum Gasteiger partial charge on any atom is -0.377 e. The maximum atomic E-state index is 5.48. The zero-order chi connectivity index (χ0) is 11.7. The number of hydrogen-bond acceptors (Lipinski definition) is 5. The quantitative estimate of drug-likeness (QED) is 0.759. The molecule has 92 valence electrons. The average Bonchev–Trinajstić information content (AvgIpc) is 2.39. The summed E-state index contributed by atoms with van der Waals surface area (Å²) in [4.78, 5) is 11.2. The molecule has 1 N–H and O–H groups in total. The number of morpholine rings is 1. The number of nitrogens with one attached hydrogen (secondary N) is 1. The maximum Gasteiger partial charge on any atom is 0.135 e. The standard InChI is InChI=1S/C12H18N4O/c1-9-7-17-5-4-16(9)12-10-2-3-13-6-11(10)14-8-15-12/h8-9,13H,2-7H2,1H3. The summed E-state index contributed by atoms with van der Waals surface area (Å²) >= 11 is 0. The van der Waals surface area contributed by atoms with Crippen molar-refractivity contribution < 1.29 is 4.74 Å². The van der Waals surface area contributed by atoms with Crippen LogP contribution in [0, 0.1) is 0 Å². The van der Waals surface area contributed by atoms with E-state index in [-0.39, 0.29) is 0 Å². The molecule has 1 fully saturated rings. The van der Waals surface area contributed by atoms with Crippen molar-refractivity contribution in [1.82, 2.24) is 15.3 Å². The Morgan fingerprint density at radius 1 is 1.47 bits per heavy atom. The van der Waals surface area contributed by atoms with Crippen molar-refractivity contribution in [1.29, 1.82) is 0 Å². The summed E-state index contributed by atoms with van der Waals surface area (Å²) in [5.41, 5.74) is 2.47. The van der Waals surface area contributed by atoms with Gasteiger partial charge in [0.05, 0.1) is 24.9 Å². The molecule has 0 radical (unpaired) electrons. The zero-order valence-electron chi connectivity index (χ0n) is 10.1. The van der Waals surface area contributed by atoms with Crippen LogP contribution in [0.15, 0.2) is 6.33 Å². The van der Waals surface area contributed by atoms with Gasteiger partial charge in [0.25, 0.3) is 0 Å². The van der Waals surface area contributed by atoms with Gasteiger partial charge in [-0.15, -0.1) is 0 Å². The molecule has 5 nitrogen and oxygen atoms in total. The molecular formula is C12H18N4O. The number of fused-ring (bicyclic) bond motifs is 1. The van der Waals surface area contributed by atoms with Gasteiger partial charge in [0, 0.05) is 18.7 Å². The molecule has 0 aliphatic carbocycles. The van der Waals surface area contributed by atoms with Gasteiger partial charge in [-0.25, -0.2) is 9.97 Å². The lowest BCUT2D eigenvalue weighted by Crippen LogP contribution is -2.45. The van der Waals surface area contributed by atoms with E-state index in [9.17, 15) is 0 Å². The van der Waals surface area contributed by atoms with Crippen molar-refractivity contribution in [2.24, 2.45) is 0 Å². The highest BCUT2D eigenvalue weighted by atomic mass is 16.5. The predicted octanol–water partition coefficient (Wildman–Crippen LogP) is 0.347. The van der Waals surface area contributed by atoms with Crippen molar-refractivity contribution >= 4 is 5.82 Å². The van der Waals surface area contributed by atoms with Crippen LogP contribution in [0.4, 0.5) is 5.82 Å². The Morgan fingerprint density at radius 2 is 2.41 bits per heavy atom. The van der Waals surface area contributed by atoms with Gasteiger partial charge in [-0.3, -0.25) is 0 Å². The van der Waals surface area contributed by atoms with Crippen molar-refractivity contribution in [2.75, 3.05) is 31.2 Å². The van der Waals surface area contributed by atoms with Crippen molar-refractivity contribution in [3.8, 4) is 0 Å². The summed E-state index contributed by atoms with van der Waals surface area (Å²) in [6, 6.07) is 0.401. The van der Waals surface area contributed by atoms with Gasteiger partial charge < -0.3 is 15.0 Å². The Labute approximate surface area is 101 Å². The second-order valence-electron chi connectivity index (χ2n) is 4.67. The maximum absolute atomic E-state index is 5.48. The summed E-state index contributed by atoms with van der Waals surface area (Å²) in [5.74, 6) is 1.12. The van der Waals surface area contributed by atoms with Crippen molar-refractivity contribution in [2.45, 2.75) is 25.9 Å². The van der Waals surface area contributed by atoms with E-state index in [1.807, 2.05) is 0 Å². The summed E-state index contributed by atoms with van der Waals surface area (Å²) in [5, 5.41) is 3.35. The van der Waals surface area contributed by atoms with Crippen LogP contribution in [0.25, 0.3) is 0 Å². The Balaban J connectivity index is 1.96. The summed E-state index contributed by atoms with van der Waals surface area (Å²) < 4.78 is 5.48. The smallest absolute Gasteiger partial charge is 0.135 e. The first kappa shape index (κ1) is 10.9. The fraction of sp³-hybridized carbons (Fsp3) is 0.667. The molecule has 1 aromatic rings. The Morgan fingerprint density at radius 3 is 3.29 bits per heavy atom. The van der Waals surface area contributed by atoms with Gasteiger partial charge in [-0.2, -0.15) is 0 Å². The van der Waals surface area contributed by atoms with Crippen LogP contribution in [-0.2, 0) is 17.7 Å². The van der Waals surface area contributed by atoms with E-state index in [1.165, 1.54) is 5.56 Å². The number of aromatic nitrogens is 2. The van der Waals surface area contributed by atoms with E-state index in [0.29, 0.717) is 6.04 Å².